The van der Waals surface area contributed by atoms with Crippen molar-refractivity contribution in [2.45, 2.75) is 13.1 Å². The second-order valence-electron chi connectivity index (χ2n) is 4.43. The van der Waals surface area contributed by atoms with Gasteiger partial charge in [0.25, 0.3) is 0 Å². The Kier molecular flexibility index (Phi) is 4.68. The van der Waals surface area contributed by atoms with E-state index in [2.05, 4.69) is 75.2 Å². The van der Waals surface area contributed by atoms with E-state index in [1.165, 1.54) is 24.7 Å². The molecular formula is C16H14BrNS2. The molecule has 0 aliphatic carbocycles. The molecule has 3 aromatic rings. The van der Waals surface area contributed by atoms with E-state index < -0.39 is 0 Å². The summed E-state index contributed by atoms with van der Waals surface area (Å²) in [6.45, 7) is 1.83. The second-order valence-corrected chi connectivity index (χ2v) is 7.45. The van der Waals surface area contributed by atoms with E-state index in [4.69, 9.17) is 0 Å². The summed E-state index contributed by atoms with van der Waals surface area (Å²) < 4.78 is 1.20. The summed E-state index contributed by atoms with van der Waals surface area (Å²) in [4.78, 5) is 4.06. The van der Waals surface area contributed by atoms with Gasteiger partial charge in [-0.3, -0.25) is 0 Å². The predicted molar refractivity (Wildman–Crippen MR) is 92.3 cm³/mol. The zero-order valence-electron chi connectivity index (χ0n) is 10.8. The van der Waals surface area contributed by atoms with Crippen molar-refractivity contribution >= 4 is 38.6 Å². The fourth-order valence-corrected chi connectivity index (χ4v) is 4.43. The molecular weight excluding hydrogens is 350 g/mol. The highest BCUT2D eigenvalue weighted by molar-refractivity contribution is 9.10. The van der Waals surface area contributed by atoms with E-state index in [1.54, 1.807) is 11.3 Å². The maximum Gasteiger partial charge on any atom is 0.0346 e. The molecule has 0 saturated heterocycles. The molecule has 0 saturated carbocycles. The van der Waals surface area contributed by atoms with E-state index in [-0.39, 0.29) is 0 Å². The van der Waals surface area contributed by atoms with Gasteiger partial charge in [-0.1, -0.05) is 30.3 Å². The van der Waals surface area contributed by atoms with Crippen molar-refractivity contribution in [2.75, 3.05) is 0 Å². The molecule has 20 heavy (non-hydrogen) atoms. The van der Waals surface area contributed by atoms with E-state index >= 15 is 0 Å². The average molecular weight is 364 g/mol. The molecule has 1 N–H and O–H groups in total. The number of benzene rings is 1. The van der Waals surface area contributed by atoms with Gasteiger partial charge in [0.05, 0.1) is 0 Å². The van der Waals surface area contributed by atoms with Crippen LogP contribution in [-0.4, -0.2) is 0 Å². The monoisotopic (exact) mass is 363 g/mol. The van der Waals surface area contributed by atoms with Gasteiger partial charge in [0.1, 0.15) is 0 Å². The van der Waals surface area contributed by atoms with Gasteiger partial charge >= 0.3 is 0 Å². The molecule has 0 unspecified atom stereocenters. The number of thiophene rings is 2. The van der Waals surface area contributed by atoms with Gasteiger partial charge in [-0.05, 0) is 45.1 Å². The van der Waals surface area contributed by atoms with Crippen molar-refractivity contribution in [1.82, 2.24) is 5.32 Å². The van der Waals surface area contributed by atoms with Crippen LogP contribution in [0.4, 0.5) is 0 Å². The van der Waals surface area contributed by atoms with Crippen molar-refractivity contribution in [1.29, 1.82) is 0 Å². The summed E-state index contributed by atoms with van der Waals surface area (Å²) in [5, 5.41) is 5.61. The average Bonchev–Trinajstić information content (AvgIpc) is 3.10. The Balaban J connectivity index is 1.59. The summed E-state index contributed by atoms with van der Waals surface area (Å²) in [5.41, 5.74) is 1.30. The van der Waals surface area contributed by atoms with Gasteiger partial charge in [-0.15, -0.1) is 22.7 Å². The van der Waals surface area contributed by atoms with Crippen LogP contribution < -0.4 is 5.32 Å². The Morgan fingerprint density at radius 3 is 2.55 bits per heavy atom. The van der Waals surface area contributed by atoms with E-state index in [1.807, 2.05) is 11.3 Å². The molecule has 1 aromatic carbocycles. The van der Waals surface area contributed by atoms with Gasteiger partial charge in [-0.2, -0.15) is 0 Å². The summed E-state index contributed by atoms with van der Waals surface area (Å²) in [7, 11) is 0. The first-order valence-electron chi connectivity index (χ1n) is 6.39. The molecule has 4 heteroatoms. The van der Waals surface area contributed by atoms with Crippen LogP contribution in [-0.2, 0) is 13.1 Å². The molecule has 2 aromatic heterocycles. The zero-order valence-corrected chi connectivity index (χ0v) is 14.0. The standard InChI is InChI=1S/C16H14BrNS2/c17-14-8-9-19-16(14)11-18-10-13-6-7-15(20-13)12-4-2-1-3-5-12/h1-9,18H,10-11H2. The largest absolute Gasteiger partial charge is 0.307 e. The van der Waals surface area contributed by atoms with Crippen LogP contribution in [0.1, 0.15) is 9.75 Å². The molecule has 0 fully saturated rings. The van der Waals surface area contributed by atoms with Crippen LogP contribution in [0.15, 0.2) is 58.4 Å². The topological polar surface area (TPSA) is 12.0 Å². The van der Waals surface area contributed by atoms with Crippen LogP contribution >= 0.6 is 38.6 Å². The van der Waals surface area contributed by atoms with Crippen LogP contribution in [0.2, 0.25) is 0 Å². The van der Waals surface area contributed by atoms with Crippen LogP contribution in [0.5, 0.6) is 0 Å². The summed E-state index contributed by atoms with van der Waals surface area (Å²) in [5.74, 6) is 0. The molecule has 0 spiro atoms. The van der Waals surface area contributed by atoms with Crippen molar-refractivity contribution < 1.29 is 0 Å². The molecule has 1 nitrogen and oxygen atoms in total. The van der Waals surface area contributed by atoms with Crippen LogP contribution in [0, 0.1) is 0 Å². The lowest BCUT2D eigenvalue weighted by Gasteiger charge is -2.01. The minimum atomic E-state index is 0.914. The van der Waals surface area contributed by atoms with E-state index in [9.17, 15) is 0 Å². The highest BCUT2D eigenvalue weighted by Crippen LogP contribution is 2.28. The lowest BCUT2D eigenvalue weighted by Crippen LogP contribution is -2.10. The fraction of sp³-hybridized carbons (Fsp3) is 0.125. The second kappa shape index (κ2) is 6.68. The first kappa shape index (κ1) is 14.0. The van der Waals surface area contributed by atoms with Crippen LogP contribution in [0.25, 0.3) is 10.4 Å². The molecule has 2 heterocycles. The zero-order chi connectivity index (χ0) is 13.8. The molecule has 0 aliphatic rings. The number of rotatable bonds is 5. The Morgan fingerprint density at radius 2 is 1.80 bits per heavy atom. The first-order chi connectivity index (χ1) is 9.83. The Hall–Kier alpha value is -0.940. The highest BCUT2D eigenvalue weighted by atomic mass is 79.9. The lowest BCUT2D eigenvalue weighted by molar-refractivity contribution is 0.707. The van der Waals surface area contributed by atoms with Gasteiger partial charge in [0.2, 0.25) is 0 Å². The molecule has 0 bridgehead atoms. The SMILES string of the molecule is Brc1ccsc1CNCc1ccc(-c2ccccc2)s1. The first-order valence-corrected chi connectivity index (χ1v) is 8.88. The third-order valence-electron chi connectivity index (χ3n) is 3.00. The number of hydrogen-bond acceptors (Lipinski definition) is 3. The molecule has 3 rings (SSSR count). The minimum Gasteiger partial charge on any atom is -0.307 e. The summed E-state index contributed by atoms with van der Waals surface area (Å²) in [6.07, 6.45) is 0. The Bertz CT molecular complexity index is 673. The third-order valence-corrected chi connectivity index (χ3v) is 6.06. The van der Waals surface area contributed by atoms with Crippen molar-refractivity contribution in [3.8, 4) is 10.4 Å². The summed E-state index contributed by atoms with van der Waals surface area (Å²) in [6, 6.07) is 17.1. The maximum absolute atomic E-state index is 3.56. The van der Waals surface area contributed by atoms with E-state index in [0.29, 0.717) is 0 Å². The number of nitrogens with one attached hydrogen (secondary N) is 1. The lowest BCUT2D eigenvalue weighted by atomic mass is 10.2. The van der Waals surface area contributed by atoms with Crippen molar-refractivity contribution in [2.24, 2.45) is 0 Å². The number of halogens is 1. The van der Waals surface area contributed by atoms with Gasteiger partial charge in [0.15, 0.2) is 0 Å². The van der Waals surface area contributed by atoms with Gasteiger partial charge in [0, 0.05) is 32.2 Å². The van der Waals surface area contributed by atoms with E-state index in [0.717, 1.165) is 13.1 Å². The fourth-order valence-electron chi connectivity index (χ4n) is 1.98. The van der Waals surface area contributed by atoms with Crippen molar-refractivity contribution in [3.63, 3.8) is 0 Å². The summed E-state index contributed by atoms with van der Waals surface area (Å²) >= 11 is 7.20. The molecule has 0 atom stereocenters. The maximum atomic E-state index is 3.56. The smallest absolute Gasteiger partial charge is 0.0346 e. The molecule has 102 valence electrons. The third kappa shape index (κ3) is 3.38. The van der Waals surface area contributed by atoms with Gasteiger partial charge < -0.3 is 5.32 Å². The Morgan fingerprint density at radius 1 is 0.950 bits per heavy atom. The normalized spacial score (nSPS) is 10.8. The highest BCUT2D eigenvalue weighted by Gasteiger charge is 2.04. The van der Waals surface area contributed by atoms with Crippen molar-refractivity contribution in [3.05, 3.63) is 68.1 Å². The quantitative estimate of drug-likeness (QED) is 0.628. The molecule has 0 amide bonds. The van der Waals surface area contributed by atoms with Gasteiger partial charge in [-0.25, -0.2) is 0 Å². The Labute approximate surface area is 135 Å². The van der Waals surface area contributed by atoms with Crippen LogP contribution in [0.3, 0.4) is 0 Å². The minimum absolute atomic E-state index is 0.914. The predicted octanol–water partition coefficient (Wildman–Crippen LogP) is 5.53. The molecule has 0 radical (unpaired) electrons. The number of hydrogen-bond donors (Lipinski definition) is 1. The molecule has 0 aliphatic heterocycles.